The molecule has 0 saturated heterocycles. The Morgan fingerprint density at radius 3 is 2.46 bits per heavy atom. The lowest BCUT2D eigenvalue weighted by atomic mass is 10.1. The van der Waals surface area contributed by atoms with E-state index in [4.69, 9.17) is 4.74 Å². The number of hydrogen-bond acceptors (Lipinski definition) is 6. The topological polar surface area (TPSA) is 123 Å². The second kappa shape index (κ2) is 11.3. The average molecular weight is 479 g/mol. The van der Waals surface area contributed by atoms with Crippen LogP contribution in [0.2, 0.25) is 0 Å². The predicted octanol–water partition coefficient (Wildman–Crippen LogP) is 3.67. The second-order valence-corrected chi connectivity index (χ2v) is 9.00. The molecule has 0 aliphatic heterocycles. The summed E-state index contributed by atoms with van der Waals surface area (Å²) in [5.74, 6) is -1.05. The minimum Gasteiger partial charge on any atom is -0.480 e. The molecule has 0 bridgehead atoms. The fourth-order valence-corrected chi connectivity index (χ4v) is 3.43. The van der Waals surface area contributed by atoms with Crippen molar-refractivity contribution < 1.29 is 19.4 Å². The molecule has 1 heterocycles. The van der Waals surface area contributed by atoms with E-state index in [0.717, 1.165) is 11.1 Å². The van der Waals surface area contributed by atoms with Crippen molar-refractivity contribution in [1.29, 1.82) is 0 Å². The van der Waals surface area contributed by atoms with E-state index >= 15 is 0 Å². The Balaban J connectivity index is 1.79. The molecular weight excluding hydrogens is 448 g/mol. The summed E-state index contributed by atoms with van der Waals surface area (Å²) in [6.45, 7) is 5.51. The minimum absolute atomic E-state index is 0.0914. The third-order valence-corrected chi connectivity index (χ3v) is 4.96. The molecule has 1 amide bonds. The van der Waals surface area contributed by atoms with E-state index < -0.39 is 29.8 Å². The van der Waals surface area contributed by atoms with Gasteiger partial charge < -0.3 is 20.5 Å². The van der Waals surface area contributed by atoms with Crippen LogP contribution in [0.3, 0.4) is 0 Å². The predicted molar refractivity (Wildman–Crippen MR) is 133 cm³/mol. The summed E-state index contributed by atoms with van der Waals surface area (Å²) < 4.78 is 6.43. The number of aromatic nitrogens is 2. The van der Waals surface area contributed by atoms with Gasteiger partial charge in [0.1, 0.15) is 12.1 Å². The SMILES string of the molecule is CC(C)(C)OC(=O)NCc1cccc(-c2cnc(NCCc3ccccc3)c(=O)n2CC(=O)O)c1. The maximum Gasteiger partial charge on any atom is 0.407 e. The zero-order valence-electron chi connectivity index (χ0n) is 20.1. The zero-order valence-corrected chi connectivity index (χ0v) is 20.1. The minimum atomic E-state index is -1.14. The average Bonchev–Trinajstić information content (AvgIpc) is 2.80. The molecule has 0 saturated carbocycles. The summed E-state index contributed by atoms with van der Waals surface area (Å²) in [5.41, 5.74) is 1.71. The fraction of sp³-hybridized carbons (Fsp3) is 0.308. The number of benzene rings is 2. The van der Waals surface area contributed by atoms with Crippen LogP contribution in [0.5, 0.6) is 0 Å². The number of hydrogen-bond donors (Lipinski definition) is 3. The van der Waals surface area contributed by atoms with Crippen molar-refractivity contribution >= 4 is 17.9 Å². The van der Waals surface area contributed by atoms with Gasteiger partial charge in [-0.25, -0.2) is 9.78 Å². The molecule has 0 unspecified atom stereocenters. The highest BCUT2D eigenvalue weighted by Crippen LogP contribution is 2.20. The Morgan fingerprint density at radius 1 is 1.06 bits per heavy atom. The molecule has 0 fully saturated rings. The molecule has 9 nitrogen and oxygen atoms in total. The molecule has 35 heavy (non-hydrogen) atoms. The van der Waals surface area contributed by atoms with Crippen LogP contribution in [-0.4, -0.2) is 38.9 Å². The molecule has 184 valence electrons. The summed E-state index contributed by atoms with van der Waals surface area (Å²) in [4.78, 5) is 40.8. The van der Waals surface area contributed by atoms with Crippen LogP contribution < -0.4 is 16.2 Å². The second-order valence-electron chi connectivity index (χ2n) is 9.00. The highest BCUT2D eigenvalue weighted by atomic mass is 16.6. The number of alkyl carbamates (subject to hydrolysis) is 1. The highest BCUT2D eigenvalue weighted by Gasteiger charge is 2.17. The van der Waals surface area contributed by atoms with Gasteiger partial charge in [0, 0.05) is 18.7 Å². The van der Waals surface area contributed by atoms with Crippen molar-refractivity contribution in [3.05, 3.63) is 82.3 Å². The molecule has 2 aromatic carbocycles. The van der Waals surface area contributed by atoms with Gasteiger partial charge in [0.15, 0.2) is 5.82 Å². The summed E-state index contributed by atoms with van der Waals surface area (Å²) in [6.07, 6.45) is 1.63. The first kappa shape index (κ1) is 25.5. The van der Waals surface area contributed by atoms with Crippen molar-refractivity contribution in [2.24, 2.45) is 0 Å². The van der Waals surface area contributed by atoms with E-state index in [0.29, 0.717) is 24.2 Å². The van der Waals surface area contributed by atoms with Crippen LogP contribution >= 0.6 is 0 Å². The van der Waals surface area contributed by atoms with Gasteiger partial charge in [0.25, 0.3) is 5.56 Å². The fourth-order valence-electron chi connectivity index (χ4n) is 3.43. The third-order valence-electron chi connectivity index (χ3n) is 4.96. The van der Waals surface area contributed by atoms with E-state index in [-0.39, 0.29) is 12.4 Å². The molecule has 1 aromatic heterocycles. The van der Waals surface area contributed by atoms with Gasteiger partial charge in [0.2, 0.25) is 0 Å². The van der Waals surface area contributed by atoms with E-state index in [9.17, 15) is 19.5 Å². The number of carbonyl (C=O) groups excluding carboxylic acids is 1. The first-order valence-electron chi connectivity index (χ1n) is 11.3. The number of nitrogens with zero attached hydrogens (tertiary/aromatic N) is 2. The van der Waals surface area contributed by atoms with Crippen LogP contribution in [0.25, 0.3) is 11.3 Å². The van der Waals surface area contributed by atoms with Gasteiger partial charge in [-0.05, 0) is 44.4 Å². The number of carbonyl (C=O) groups is 2. The largest absolute Gasteiger partial charge is 0.480 e. The van der Waals surface area contributed by atoms with Crippen molar-refractivity contribution in [1.82, 2.24) is 14.9 Å². The molecular formula is C26H30N4O5. The normalized spacial score (nSPS) is 11.1. The van der Waals surface area contributed by atoms with Gasteiger partial charge in [-0.2, -0.15) is 0 Å². The summed E-state index contributed by atoms with van der Waals surface area (Å²) in [6, 6.07) is 16.9. The Hall–Kier alpha value is -4.14. The lowest BCUT2D eigenvalue weighted by Crippen LogP contribution is -2.32. The molecule has 0 aliphatic rings. The van der Waals surface area contributed by atoms with Crippen LogP contribution in [0.1, 0.15) is 31.9 Å². The molecule has 9 heteroatoms. The molecule has 0 atom stereocenters. The van der Waals surface area contributed by atoms with Crippen LogP contribution in [0.4, 0.5) is 10.6 Å². The van der Waals surface area contributed by atoms with Crippen molar-refractivity contribution in [3.8, 4) is 11.3 Å². The first-order chi connectivity index (χ1) is 16.6. The Morgan fingerprint density at radius 2 is 1.77 bits per heavy atom. The number of rotatable bonds is 9. The standard InChI is InChI=1S/C26H30N4O5/c1-26(2,3)35-25(34)29-15-19-10-7-11-20(14-19)21-16-28-23(24(33)30(21)17-22(31)32)27-13-12-18-8-5-4-6-9-18/h4-11,14,16H,12-13,15,17H2,1-3H3,(H,27,28)(H,29,34)(H,31,32). The highest BCUT2D eigenvalue weighted by molar-refractivity contribution is 5.70. The summed E-state index contributed by atoms with van der Waals surface area (Å²) in [7, 11) is 0. The smallest absolute Gasteiger partial charge is 0.407 e. The zero-order chi connectivity index (χ0) is 25.4. The summed E-state index contributed by atoms with van der Waals surface area (Å²) >= 11 is 0. The van der Waals surface area contributed by atoms with Crippen LogP contribution in [-0.2, 0) is 29.0 Å². The molecule has 3 rings (SSSR count). The van der Waals surface area contributed by atoms with E-state index in [1.807, 2.05) is 36.4 Å². The van der Waals surface area contributed by atoms with Crippen LogP contribution in [0.15, 0.2) is 65.6 Å². The van der Waals surface area contributed by atoms with Gasteiger partial charge in [-0.15, -0.1) is 0 Å². The number of carboxylic acid groups (broad SMARTS) is 1. The van der Waals surface area contributed by atoms with E-state index in [1.54, 1.807) is 39.0 Å². The number of amides is 1. The van der Waals surface area contributed by atoms with Gasteiger partial charge in [0.05, 0.1) is 11.9 Å². The van der Waals surface area contributed by atoms with Gasteiger partial charge >= 0.3 is 12.1 Å². The first-order valence-corrected chi connectivity index (χ1v) is 11.3. The Kier molecular flexibility index (Phi) is 8.25. The maximum atomic E-state index is 13.1. The Labute approximate surface area is 203 Å². The van der Waals surface area contributed by atoms with Crippen LogP contribution in [0, 0.1) is 0 Å². The molecule has 3 N–H and O–H groups in total. The lowest BCUT2D eigenvalue weighted by Gasteiger charge is -2.19. The van der Waals surface area contributed by atoms with Gasteiger partial charge in [-0.1, -0.05) is 48.5 Å². The number of aliphatic carboxylic acids is 1. The number of ether oxygens (including phenoxy) is 1. The Bertz CT molecular complexity index is 1230. The van der Waals surface area contributed by atoms with Crippen molar-refractivity contribution in [2.75, 3.05) is 11.9 Å². The molecule has 3 aromatic rings. The van der Waals surface area contributed by atoms with Gasteiger partial charge in [-0.3, -0.25) is 14.2 Å². The number of carboxylic acids is 1. The van der Waals surface area contributed by atoms with Crippen molar-refractivity contribution in [3.63, 3.8) is 0 Å². The molecule has 0 spiro atoms. The van der Waals surface area contributed by atoms with E-state index in [1.165, 1.54) is 10.8 Å². The molecule has 0 radical (unpaired) electrons. The quantitative estimate of drug-likeness (QED) is 0.429. The lowest BCUT2D eigenvalue weighted by molar-refractivity contribution is -0.137. The van der Waals surface area contributed by atoms with E-state index in [2.05, 4.69) is 15.6 Å². The maximum absolute atomic E-state index is 13.1. The number of nitrogens with one attached hydrogen (secondary N) is 2. The molecule has 0 aliphatic carbocycles. The monoisotopic (exact) mass is 478 g/mol. The number of anilines is 1. The van der Waals surface area contributed by atoms with Crippen molar-refractivity contribution in [2.45, 2.75) is 45.9 Å². The third kappa shape index (κ3) is 7.70. The summed E-state index contributed by atoms with van der Waals surface area (Å²) in [5, 5.41) is 15.1.